The maximum Gasteiger partial charge on any atom is 0.266 e. The standard InChI is InChI=1S/C40H41ClN2O3S/c1-39-18-16-29(44)21-27(39)10-13-30-32-14-15-33(40(32,2)19-17-34(30)39)31-23-47-38(35(31)36(45)25-6-4-3-5-7-25)43-37(46)26(22-42)20-24-8-11-28(41)12-9-24/h3-12,20,23,29-30,32-34,44H,13-19,21H2,1-2H3,(H,43,46)/b26-20-/t29-,30-,32-,33+,34-,39-,40-/m0/s1. The van der Waals surface area contributed by atoms with Crippen molar-refractivity contribution >= 4 is 45.7 Å². The van der Waals surface area contributed by atoms with Crippen LogP contribution in [0.5, 0.6) is 0 Å². The third-order valence-electron chi connectivity index (χ3n) is 12.3. The number of allylic oxidation sites excluding steroid dienone is 1. The van der Waals surface area contributed by atoms with Crippen LogP contribution in [0.15, 0.2) is 77.2 Å². The van der Waals surface area contributed by atoms with E-state index in [1.54, 1.807) is 24.3 Å². The second-order valence-electron chi connectivity index (χ2n) is 14.6. The highest BCUT2D eigenvalue weighted by Crippen LogP contribution is 2.68. The second kappa shape index (κ2) is 12.5. The van der Waals surface area contributed by atoms with Crippen molar-refractivity contribution in [1.82, 2.24) is 0 Å². The van der Waals surface area contributed by atoms with Gasteiger partial charge in [0.15, 0.2) is 5.78 Å². The Labute approximate surface area is 286 Å². The zero-order valence-corrected chi connectivity index (χ0v) is 28.5. The van der Waals surface area contributed by atoms with Crippen LogP contribution in [-0.4, -0.2) is 22.9 Å². The van der Waals surface area contributed by atoms with Crippen molar-refractivity contribution < 1.29 is 14.7 Å². The molecule has 0 radical (unpaired) electrons. The normalized spacial score (nSPS) is 31.5. The van der Waals surface area contributed by atoms with Crippen LogP contribution in [0.1, 0.15) is 98.2 Å². The number of aliphatic hydroxyl groups is 1. The fourth-order valence-electron chi connectivity index (χ4n) is 9.89. The molecule has 4 aliphatic carbocycles. The van der Waals surface area contributed by atoms with Crippen molar-refractivity contribution in [2.75, 3.05) is 5.32 Å². The number of anilines is 1. The average molecular weight is 665 g/mol. The minimum Gasteiger partial charge on any atom is -0.393 e. The summed E-state index contributed by atoms with van der Waals surface area (Å²) in [6.07, 6.45) is 12.1. The van der Waals surface area contributed by atoms with Gasteiger partial charge in [0, 0.05) is 10.6 Å². The number of halogens is 1. The number of ketones is 1. The number of nitriles is 1. The summed E-state index contributed by atoms with van der Waals surface area (Å²) in [5, 5.41) is 26.5. The SMILES string of the molecule is C[C@]12CC[C@H]3[C@@H](CC=C4C[C@@H](O)CC[C@@]43C)[C@@H]1CC[C@@H]2c1csc(NC(=O)/C(C#N)=C\c2ccc(Cl)cc2)c1C(=O)c1ccccc1. The van der Waals surface area contributed by atoms with Gasteiger partial charge in [-0.25, -0.2) is 0 Å². The number of fused-ring (bicyclic) bond motifs is 5. The molecule has 2 aromatic carbocycles. The summed E-state index contributed by atoms with van der Waals surface area (Å²) < 4.78 is 0. The molecule has 47 heavy (non-hydrogen) atoms. The molecule has 0 unspecified atom stereocenters. The zero-order valence-electron chi connectivity index (χ0n) is 27.0. The third kappa shape index (κ3) is 5.61. The van der Waals surface area contributed by atoms with Crippen molar-refractivity contribution in [1.29, 1.82) is 5.26 Å². The molecule has 1 aromatic heterocycles. The lowest BCUT2D eigenvalue weighted by atomic mass is 9.47. The van der Waals surface area contributed by atoms with Crippen molar-refractivity contribution in [3.8, 4) is 6.07 Å². The number of benzene rings is 2. The van der Waals surface area contributed by atoms with Crippen LogP contribution in [-0.2, 0) is 4.79 Å². The molecular formula is C40H41ClN2O3S. The van der Waals surface area contributed by atoms with Crippen molar-refractivity contribution in [2.45, 2.75) is 77.2 Å². The van der Waals surface area contributed by atoms with E-state index < -0.39 is 5.91 Å². The van der Waals surface area contributed by atoms with Crippen LogP contribution in [0, 0.1) is 39.9 Å². The summed E-state index contributed by atoms with van der Waals surface area (Å²) in [5.74, 6) is 1.35. The molecule has 2 N–H and O–H groups in total. The first-order valence-electron chi connectivity index (χ1n) is 16.9. The molecule has 0 aliphatic heterocycles. The van der Waals surface area contributed by atoms with E-state index in [0.29, 0.717) is 44.5 Å². The van der Waals surface area contributed by atoms with Crippen LogP contribution >= 0.6 is 22.9 Å². The molecule has 4 aliphatic rings. The molecule has 5 nitrogen and oxygen atoms in total. The molecule has 0 bridgehead atoms. The van der Waals surface area contributed by atoms with Gasteiger partial charge in [-0.1, -0.05) is 79.6 Å². The smallest absolute Gasteiger partial charge is 0.266 e. The van der Waals surface area contributed by atoms with Crippen LogP contribution in [0.3, 0.4) is 0 Å². The highest BCUT2D eigenvalue weighted by atomic mass is 35.5. The molecule has 3 saturated carbocycles. The average Bonchev–Trinajstić information content (AvgIpc) is 3.64. The number of thiophene rings is 1. The Morgan fingerprint density at radius 1 is 1.02 bits per heavy atom. The summed E-state index contributed by atoms with van der Waals surface area (Å²) in [4.78, 5) is 27.8. The Hall–Kier alpha value is -3.50. The number of rotatable bonds is 6. The number of amides is 1. The first-order chi connectivity index (χ1) is 22.6. The highest BCUT2D eigenvalue weighted by Gasteiger charge is 2.59. The lowest BCUT2D eigenvalue weighted by Gasteiger charge is -2.58. The fraction of sp³-hybridized carbons (Fsp3) is 0.425. The van der Waals surface area contributed by atoms with Crippen LogP contribution < -0.4 is 5.32 Å². The zero-order chi connectivity index (χ0) is 32.9. The summed E-state index contributed by atoms with van der Waals surface area (Å²) in [6, 6.07) is 18.3. The minimum atomic E-state index is -0.537. The van der Waals surface area contributed by atoms with Gasteiger partial charge >= 0.3 is 0 Å². The first kappa shape index (κ1) is 32.1. The summed E-state index contributed by atoms with van der Waals surface area (Å²) >= 11 is 7.41. The number of hydrogen-bond donors (Lipinski definition) is 2. The van der Waals surface area contributed by atoms with Gasteiger partial charge in [-0.05, 0) is 121 Å². The van der Waals surface area contributed by atoms with Crippen LogP contribution in [0.25, 0.3) is 6.08 Å². The monoisotopic (exact) mass is 664 g/mol. The van der Waals surface area contributed by atoms with Gasteiger partial charge in [0.2, 0.25) is 0 Å². The van der Waals surface area contributed by atoms with Gasteiger partial charge < -0.3 is 10.4 Å². The Balaban J connectivity index is 1.22. The Morgan fingerprint density at radius 2 is 1.79 bits per heavy atom. The van der Waals surface area contributed by atoms with Crippen LogP contribution in [0.2, 0.25) is 5.02 Å². The quantitative estimate of drug-likeness (QED) is 0.119. The maximum absolute atomic E-state index is 14.3. The number of nitrogens with zero attached hydrogens (tertiary/aromatic N) is 1. The maximum atomic E-state index is 14.3. The molecule has 0 spiro atoms. The molecule has 3 fully saturated rings. The van der Waals surface area contributed by atoms with E-state index in [1.165, 1.54) is 23.0 Å². The first-order valence-corrected chi connectivity index (χ1v) is 18.2. The van der Waals surface area contributed by atoms with Crippen molar-refractivity contribution in [3.63, 3.8) is 0 Å². The Kier molecular flexibility index (Phi) is 8.53. The molecule has 1 amide bonds. The number of carbonyl (C=O) groups is 2. The molecule has 0 saturated heterocycles. The lowest BCUT2D eigenvalue weighted by Crippen LogP contribution is -2.50. The summed E-state index contributed by atoms with van der Waals surface area (Å²) in [7, 11) is 0. The van der Waals surface area contributed by atoms with E-state index in [4.69, 9.17) is 11.6 Å². The van der Waals surface area contributed by atoms with Gasteiger partial charge in [-0.15, -0.1) is 11.3 Å². The predicted molar refractivity (Wildman–Crippen MR) is 188 cm³/mol. The number of nitrogens with one attached hydrogen (secondary N) is 1. The van der Waals surface area contributed by atoms with Gasteiger partial charge in [0.25, 0.3) is 5.91 Å². The Morgan fingerprint density at radius 3 is 2.53 bits per heavy atom. The van der Waals surface area contributed by atoms with Gasteiger partial charge in [-0.2, -0.15) is 5.26 Å². The molecule has 1 heterocycles. The number of hydrogen-bond acceptors (Lipinski definition) is 5. The topological polar surface area (TPSA) is 90.2 Å². The number of aliphatic hydroxyl groups excluding tert-OH is 1. The summed E-state index contributed by atoms with van der Waals surface area (Å²) in [5.41, 5.74) is 4.52. The van der Waals surface area contributed by atoms with Gasteiger partial charge in [0.1, 0.15) is 16.6 Å². The van der Waals surface area contributed by atoms with E-state index in [1.807, 2.05) is 36.4 Å². The summed E-state index contributed by atoms with van der Waals surface area (Å²) in [6.45, 7) is 4.91. The molecule has 7 heteroatoms. The second-order valence-corrected chi connectivity index (χ2v) is 15.9. The highest BCUT2D eigenvalue weighted by molar-refractivity contribution is 7.15. The molecule has 7 rings (SSSR count). The Bertz CT molecular complexity index is 1800. The molecule has 242 valence electrons. The van der Waals surface area contributed by atoms with Crippen LogP contribution in [0.4, 0.5) is 5.00 Å². The van der Waals surface area contributed by atoms with Gasteiger partial charge in [-0.3, -0.25) is 9.59 Å². The van der Waals surface area contributed by atoms with Crippen molar-refractivity contribution in [3.05, 3.63) is 104 Å². The largest absolute Gasteiger partial charge is 0.393 e. The van der Waals surface area contributed by atoms with E-state index in [9.17, 15) is 20.0 Å². The predicted octanol–water partition coefficient (Wildman–Crippen LogP) is 9.59. The third-order valence-corrected chi connectivity index (χ3v) is 13.5. The van der Waals surface area contributed by atoms with Crippen molar-refractivity contribution in [2.24, 2.45) is 28.6 Å². The van der Waals surface area contributed by atoms with E-state index >= 15 is 0 Å². The number of carbonyl (C=O) groups excluding carboxylic acids is 2. The fourth-order valence-corrected chi connectivity index (χ4v) is 11.0. The molecular weight excluding hydrogens is 624 g/mol. The van der Waals surface area contributed by atoms with E-state index in [2.05, 4.69) is 30.6 Å². The molecule has 3 aromatic rings. The lowest BCUT2D eigenvalue weighted by molar-refractivity contribution is -0.112. The minimum absolute atomic E-state index is 0.0391. The van der Waals surface area contributed by atoms with E-state index in [-0.39, 0.29) is 34.2 Å². The molecule has 7 atom stereocenters. The van der Waals surface area contributed by atoms with E-state index in [0.717, 1.165) is 56.9 Å². The van der Waals surface area contributed by atoms with Gasteiger partial charge in [0.05, 0.1) is 11.7 Å².